The molecule has 0 fully saturated rings. The molecule has 2 aromatic rings. The third-order valence-corrected chi connectivity index (χ3v) is 2.50. The van der Waals surface area contributed by atoms with Crippen LogP contribution in [0.4, 0.5) is 5.82 Å². The summed E-state index contributed by atoms with van der Waals surface area (Å²) in [6.45, 7) is 2.51. The highest BCUT2D eigenvalue weighted by Gasteiger charge is 2.06. The lowest BCUT2D eigenvalue weighted by Gasteiger charge is -2.17. The average molecular weight is 249 g/mol. The number of rotatable bonds is 3. The molecule has 0 aliphatic heterocycles. The molecule has 0 saturated heterocycles. The summed E-state index contributed by atoms with van der Waals surface area (Å²) in [7, 11) is 1.95. The number of nitrogens with zero attached hydrogens (tertiary/aromatic N) is 4. The summed E-state index contributed by atoms with van der Waals surface area (Å²) in [5, 5.41) is 0.459. The molecule has 2 heterocycles. The van der Waals surface area contributed by atoms with Crippen molar-refractivity contribution >= 4 is 17.4 Å². The Bertz CT molecular complexity index is 481. The third kappa shape index (κ3) is 3.14. The van der Waals surface area contributed by atoms with Crippen molar-refractivity contribution in [1.29, 1.82) is 0 Å². The topological polar surface area (TPSA) is 41.9 Å². The van der Waals surface area contributed by atoms with Crippen molar-refractivity contribution in [1.82, 2.24) is 15.0 Å². The van der Waals surface area contributed by atoms with Crippen LogP contribution in [0.3, 0.4) is 0 Å². The van der Waals surface area contributed by atoms with Gasteiger partial charge in [-0.15, -0.1) is 0 Å². The van der Waals surface area contributed by atoms with Crippen molar-refractivity contribution in [3.8, 4) is 0 Å². The molecular weight excluding hydrogens is 236 g/mol. The van der Waals surface area contributed by atoms with E-state index in [1.807, 2.05) is 37.1 Å². The first-order valence-corrected chi connectivity index (χ1v) is 5.65. The zero-order valence-electron chi connectivity index (χ0n) is 9.76. The van der Waals surface area contributed by atoms with E-state index in [0.717, 1.165) is 11.5 Å². The van der Waals surface area contributed by atoms with Crippen LogP contribution in [0.2, 0.25) is 5.15 Å². The summed E-state index contributed by atoms with van der Waals surface area (Å²) >= 11 is 5.90. The van der Waals surface area contributed by atoms with Gasteiger partial charge >= 0.3 is 0 Å². The molecule has 0 amide bonds. The lowest BCUT2D eigenvalue weighted by Crippen LogP contribution is -2.19. The van der Waals surface area contributed by atoms with Gasteiger partial charge in [0.05, 0.1) is 12.2 Å². The molecule has 5 heteroatoms. The Morgan fingerprint density at radius 3 is 2.76 bits per heavy atom. The molecule has 0 saturated carbocycles. The van der Waals surface area contributed by atoms with E-state index in [1.165, 1.54) is 0 Å². The number of aryl methyl sites for hydroxylation is 1. The standard InChI is InChI=1S/C12H13ClN4/c1-9-15-11(13)7-12(16-9)17(2)8-10-5-3-4-6-14-10/h3-7H,8H2,1-2H3. The smallest absolute Gasteiger partial charge is 0.134 e. The highest BCUT2D eigenvalue weighted by molar-refractivity contribution is 6.29. The summed E-state index contributed by atoms with van der Waals surface area (Å²) in [6.07, 6.45) is 1.78. The van der Waals surface area contributed by atoms with Gasteiger partial charge in [-0.25, -0.2) is 9.97 Å². The molecule has 0 N–H and O–H groups in total. The Morgan fingerprint density at radius 2 is 2.12 bits per heavy atom. The van der Waals surface area contributed by atoms with Crippen molar-refractivity contribution in [3.63, 3.8) is 0 Å². The first-order valence-electron chi connectivity index (χ1n) is 5.27. The number of aromatic nitrogens is 3. The molecule has 0 aromatic carbocycles. The predicted octanol–water partition coefficient (Wildman–Crippen LogP) is 2.47. The van der Waals surface area contributed by atoms with Gasteiger partial charge in [0.1, 0.15) is 16.8 Å². The Hall–Kier alpha value is -1.68. The van der Waals surface area contributed by atoms with Crippen molar-refractivity contribution in [2.45, 2.75) is 13.5 Å². The fourth-order valence-corrected chi connectivity index (χ4v) is 1.75. The van der Waals surface area contributed by atoms with Crippen LogP contribution in [-0.4, -0.2) is 22.0 Å². The largest absolute Gasteiger partial charge is 0.354 e. The fourth-order valence-electron chi connectivity index (χ4n) is 1.53. The molecule has 2 aromatic heterocycles. The van der Waals surface area contributed by atoms with Crippen molar-refractivity contribution in [2.24, 2.45) is 0 Å². The summed E-state index contributed by atoms with van der Waals surface area (Å²) in [5.74, 6) is 1.47. The minimum absolute atomic E-state index is 0.459. The highest BCUT2D eigenvalue weighted by atomic mass is 35.5. The summed E-state index contributed by atoms with van der Waals surface area (Å²) in [6, 6.07) is 7.59. The highest BCUT2D eigenvalue weighted by Crippen LogP contribution is 2.16. The van der Waals surface area contributed by atoms with Gasteiger partial charge in [-0.1, -0.05) is 17.7 Å². The van der Waals surface area contributed by atoms with Crippen LogP contribution in [-0.2, 0) is 6.54 Å². The number of halogens is 1. The van der Waals surface area contributed by atoms with E-state index in [1.54, 1.807) is 12.3 Å². The fraction of sp³-hybridized carbons (Fsp3) is 0.250. The van der Waals surface area contributed by atoms with Crippen LogP contribution in [0.1, 0.15) is 11.5 Å². The van der Waals surface area contributed by atoms with E-state index in [9.17, 15) is 0 Å². The van der Waals surface area contributed by atoms with E-state index in [4.69, 9.17) is 11.6 Å². The zero-order chi connectivity index (χ0) is 12.3. The second-order valence-corrected chi connectivity index (χ2v) is 4.16. The molecule has 0 unspecified atom stereocenters. The first kappa shape index (κ1) is 11.8. The van der Waals surface area contributed by atoms with Gasteiger partial charge in [0.2, 0.25) is 0 Å². The Balaban J connectivity index is 2.17. The third-order valence-electron chi connectivity index (χ3n) is 2.31. The maximum absolute atomic E-state index is 5.90. The van der Waals surface area contributed by atoms with E-state index in [-0.39, 0.29) is 0 Å². The normalized spacial score (nSPS) is 10.3. The first-order chi connectivity index (χ1) is 8.15. The van der Waals surface area contributed by atoms with E-state index in [0.29, 0.717) is 17.5 Å². The van der Waals surface area contributed by atoms with Crippen LogP contribution in [0, 0.1) is 6.92 Å². The van der Waals surface area contributed by atoms with Gasteiger partial charge in [-0.2, -0.15) is 0 Å². The molecule has 0 bridgehead atoms. The molecular formula is C12H13ClN4. The van der Waals surface area contributed by atoms with Crippen molar-refractivity contribution < 1.29 is 0 Å². The van der Waals surface area contributed by atoms with Crippen LogP contribution in [0.25, 0.3) is 0 Å². The van der Waals surface area contributed by atoms with Crippen LogP contribution in [0.15, 0.2) is 30.5 Å². The molecule has 0 radical (unpaired) electrons. The van der Waals surface area contributed by atoms with E-state index >= 15 is 0 Å². The number of hydrogen-bond acceptors (Lipinski definition) is 4. The van der Waals surface area contributed by atoms with Gasteiger partial charge in [0.15, 0.2) is 0 Å². The second kappa shape index (κ2) is 5.10. The maximum Gasteiger partial charge on any atom is 0.134 e. The molecule has 2 rings (SSSR count). The molecule has 17 heavy (non-hydrogen) atoms. The van der Waals surface area contributed by atoms with Gasteiger partial charge in [-0.3, -0.25) is 4.98 Å². The molecule has 0 spiro atoms. The number of hydrogen-bond donors (Lipinski definition) is 0. The van der Waals surface area contributed by atoms with E-state index < -0.39 is 0 Å². The van der Waals surface area contributed by atoms with E-state index in [2.05, 4.69) is 15.0 Å². The minimum atomic E-state index is 0.459. The molecule has 88 valence electrons. The Labute approximate surface area is 105 Å². The Morgan fingerprint density at radius 1 is 1.29 bits per heavy atom. The van der Waals surface area contributed by atoms with Gasteiger partial charge in [0, 0.05) is 19.3 Å². The summed E-state index contributed by atoms with van der Waals surface area (Å²) < 4.78 is 0. The number of pyridine rings is 1. The molecule has 0 atom stereocenters. The van der Waals surface area contributed by atoms with Crippen molar-refractivity contribution in [3.05, 3.63) is 47.1 Å². The summed E-state index contributed by atoms with van der Waals surface area (Å²) in [4.78, 5) is 14.6. The minimum Gasteiger partial charge on any atom is -0.354 e. The summed E-state index contributed by atoms with van der Waals surface area (Å²) in [5.41, 5.74) is 0.988. The average Bonchev–Trinajstić information content (AvgIpc) is 2.29. The SMILES string of the molecule is Cc1nc(Cl)cc(N(C)Cc2ccccn2)n1. The van der Waals surface area contributed by atoms with Crippen LogP contribution < -0.4 is 4.90 Å². The van der Waals surface area contributed by atoms with Crippen LogP contribution in [0.5, 0.6) is 0 Å². The quantitative estimate of drug-likeness (QED) is 0.783. The molecule has 0 aliphatic rings. The lowest BCUT2D eigenvalue weighted by atomic mass is 10.3. The van der Waals surface area contributed by atoms with Gasteiger partial charge in [-0.05, 0) is 19.1 Å². The van der Waals surface area contributed by atoms with Crippen LogP contribution >= 0.6 is 11.6 Å². The molecule has 4 nitrogen and oxygen atoms in total. The maximum atomic E-state index is 5.90. The zero-order valence-corrected chi connectivity index (χ0v) is 10.5. The second-order valence-electron chi connectivity index (χ2n) is 3.77. The lowest BCUT2D eigenvalue weighted by molar-refractivity contribution is 0.853. The monoisotopic (exact) mass is 248 g/mol. The number of anilines is 1. The predicted molar refractivity (Wildman–Crippen MR) is 68.1 cm³/mol. The molecule has 0 aliphatic carbocycles. The van der Waals surface area contributed by atoms with Gasteiger partial charge < -0.3 is 4.90 Å². The Kier molecular flexibility index (Phi) is 3.54. The van der Waals surface area contributed by atoms with Crippen molar-refractivity contribution in [2.75, 3.05) is 11.9 Å². The van der Waals surface area contributed by atoms with Gasteiger partial charge in [0.25, 0.3) is 0 Å².